The molecule has 0 aliphatic carbocycles. The normalized spacial score (nSPS) is 14.2. The summed E-state index contributed by atoms with van der Waals surface area (Å²) in [4.78, 5) is 11.0. The van der Waals surface area contributed by atoms with Crippen molar-refractivity contribution in [2.75, 3.05) is 19.0 Å². The summed E-state index contributed by atoms with van der Waals surface area (Å²) in [6.45, 7) is 3.94. The fourth-order valence-corrected chi connectivity index (χ4v) is 1.72. The van der Waals surface area contributed by atoms with Crippen molar-refractivity contribution in [1.29, 1.82) is 0 Å². The molecule has 2 rings (SSSR count). The molecule has 1 aliphatic heterocycles. The molecule has 0 saturated carbocycles. The van der Waals surface area contributed by atoms with Gasteiger partial charge in [-0.05, 0) is 6.42 Å². The number of anilines is 1. The summed E-state index contributed by atoms with van der Waals surface area (Å²) < 4.78 is 0. The number of hydrogen-bond acceptors (Lipinski definition) is 4. The van der Waals surface area contributed by atoms with Gasteiger partial charge in [0.2, 0.25) is 5.95 Å². The summed E-state index contributed by atoms with van der Waals surface area (Å²) in [5.41, 5.74) is 3.65. The lowest BCUT2D eigenvalue weighted by Crippen LogP contribution is -2.15. The van der Waals surface area contributed by atoms with E-state index in [4.69, 9.17) is 0 Å². The van der Waals surface area contributed by atoms with E-state index in [9.17, 15) is 0 Å². The lowest BCUT2D eigenvalue weighted by Gasteiger charge is -2.13. The zero-order valence-corrected chi connectivity index (χ0v) is 8.96. The molecule has 0 saturated heterocycles. The van der Waals surface area contributed by atoms with E-state index in [0.717, 1.165) is 25.5 Å². The second-order valence-corrected chi connectivity index (χ2v) is 3.75. The van der Waals surface area contributed by atoms with Crippen LogP contribution in [0.3, 0.4) is 0 Å². The van der Waals surface area contributed by atoms with Crippen LogP contribution < -0.4 is 10.2 Å². The van der Waals surface area contributed by atoms with Crippen LogP contribution in [-0.2, 0) is 19.5 Å². The summed E-state index contributed by atoms with van der Waals surface area (Å²) in [6.07, 6.45) is 0.980. The SMILES string of the molecule is CCc1nc(N(C)C)nc2c1CNC2. The molecule has 0 atom stereocenters. The van der Waals surface area contributed by atoms with Crippen LogP contribution in [0, 0.1) is 0 Å². The second-order valence-electron chi connectivity index (χ2n) is 3.75. The van der Waals surface area contributed by atoms with Gasteiger partial charge in [0.25, 0.3) is 0 Å². The summed E-state index contributed by atoms with van der Waals surface area (Å²) in [5.74, 6) is 0.823. The molecule has 1 aliphatic rings. The predicted molar refractivity (Wildman–Crippen MR) is 56.3 cm³/mol. The number of nitrogens with zero attached hydrogens (tertiary/aromatic N) is 3. The number of aryl methyl sites for hydroxylation is 1. The molecule has 0 aromatic carbocycles. The molecule has 1 N–H and O–H groups in total. The predicted octanol–water partition coefficient (Wildman–Crippen LogP) is 0.708. The average molecular weight is 192 g/mol. The smallest absolute Gasteiger partial charge is 0.225 e. The van der Waals surface area contributed by atoms with Gasteiger partial charge < -0.3 is 10.2 Å². The highest BCUT2D eigenvalue weighted by molar-refractivity contribution is 5.37. The van der Waals surface area contributed by atoms with E-state index in [1.165, 1.54) is 17.0 Å². The summed E-state index contributed by atoms with van der Waals surface area (Å²) in [6, 6.07) is 0. The van der Waals surface area contributed by atoms with Crippen LogP contribution in [0.5, 0.6) is 0 Å². The van der Waals surface area contributed by atoms with Gasteiger partial charge in [-0.1, -0.05) is 6.92 Å². The molecule has 76 valence electrons. The Kier molecular flexibility index (Phi) is 2.37. The van der Waals surface area contributed by atoms with Crippen LogP contribution in [0.1, 0.15) is 23.9 Å². The van der Waals surface area contributed by atoms with Gasteiger partial charge in [-0.25, -0.2) is 9.97 Å². The molecule has 14 heavy (non-hydrogen) atoms. The Morgan fingerprint density at radius 3 is 2.71 bits per heavy atom. The molecule has 1 aromatic rings. The minimum atomic E-state index is 0.823. The van der Waals surface area contributed by atoms with Gasteiger partial charge in [0.15, 0.2) is 0 Å². The minimum Gasteiger partial charge on any atom is -0.347 e. The van der Waals surface area contributed by atoms with Crippen LogP contribution in [0.2, 0.25) is 0 Å². The first-order chi connectivity index (χ1) is 6.72. The van der Waals surface area contributed by atoms with E-state index >= 15 is 0 Å². The third kappa shape index (κ3) is 1.46. The Bertz CT molecular complexity index is 346. The average Bonchev–Trinajstić information content (AvgIpc) is 2.63. The lowest BCUT2D eigenvalue weighted by molar-refractivity contribution is 0.755. The van der Waals surface area contributed by atoms with Gasteiger partial charge in [-0.2, -0.15) is 0 Å². The fourth-order valence-electron chi connectivity index (χ4n) is 1.72. The maximum Gasteiger partial charge on any atom is 0.225 e. The molecule has 2 heterocycles. The highest BCUT2D eigenvalue weighted by Crippen LogP contribution is 2.19. The van der Waals surface area contributed by atoms with Crippen molar-refractivity contribution in [1.82, 2.24) is 15.3 Å². The number of rotatable bonds is 2. The largest absolute Gasteiger partial charge is 0.347 e. The summed E-state index contributed by atoms with van der Waals surface area (Å²) in [5, 5.41) is 3.31. The third-order valence-corrected chi connectivity index (χ3v) is 2.50. The van der Waals surface area contributed by atoms with E-state index in [1.807, 2.05) is 19.0 Å². The Morgan fingerprint density at radius 2 is 2.07 bits per heavy atom. The molecule has 1 aromatic heterocycles. The van der Waals surface area contributed by atoms with Crippen LogP contribution in [0.25, 0.3) is 0 Å². The minimum absolute atomic E-state index is 0.823. The van der Waals surface area contributed by atoms with Crippen molar-refractivity contribution in [3.8, 4) is 0 Å². The number of nitrogens with one attached hydrogen (secondary N) is 1. The Balaban J connectivity index is 2.49. The molecule has 0 unspecified atom stereocenters. The highest BCUT2D eigenvalue weighted by Gasteiger charge is 2.18. The first-order valence-electron chi connectivity index (χ1n) is 4.99. The molecule has 0 amide bonds. The van der Waals surface area contributed by atoms with Crippen LogP contribution >= 0.6 is 0 Å². The topological polar surface area (TPSA) is 41.1 Å². The second kappa shape index (κ2) is 3.53. The maximum absolute atomic E-state index is 4.54. The number of aromatic nitrogens is 2. The van der Waals surface area contributed by atoms with Gasteiger partial charge in [0, 0.05) is 32.7 Å². The van der Waals surface area contributed by atoms with Crippen molar-refractivity contribution in [2.24, 2.45) is 0 Å². The van der Waals surface area contributed by atoms with Crippen LogP contribution in [0.4, 0.5) is 5.95 Å². The monoisotopic (exact) mass is 192 g/mol. The van der Waals surface area contributed by atoms with Crippen molar-refractivity contribution < 1.29 is 0 Å². The van der Waals surface area contributed by atoms with E-state index in [1.54, 1.807) is 0 Å². The van der Waals surface area contributed by atoms with Crippen molar-refractivity contribution >= 4 is 5.95 Å². The summed E-state index contributed by atoms with van der Waals surface area (Å²) in [7, 11) is 3.95. The van der Waals surface area contributed by atoms with Gasteiger partial charge in [-0.15, -0.1) is 0 Å². The molecule has 4 heteroatoms. The highest BCUT2D eigenvalue weighted by atomic mass is 15.2. The quantitative estimate of drug-likeness (QED) is 0.749. The Labute approximate surface area is 84.4 Å². The van der Waals surface area contributed by atoms with Gasteiger partial charge >= 0.3 is 0 Å². The fraction of sp³-hybridized carbons (Fsp3) is 0.600. The lowest BCUT2D eigenvalue weighted by atomic mass is 10.1. The number of hydrogen-bond donors (Lipinski definition) is 1. The van der Waals surface area contributed by atoms with Crippen molar-refractivity contribution in [2.45, 2.75) is 26.4 Å². The van der Waals surface area contributed by atoms with Gasteiger partial charge in [-0.3, -0.25) is 0 Å². The molecule has 0 radical (unpaired) electrons. The maximum atomic E-state index is 4.54. The van der Waals surface area contributed by atoms with Crippen molar-refractivity contribution in [3.63, 3.8) is 0 Å². The molecule has 0 spiro atoms. The molecule has 0 fully saturated rings. The zero-order valence-electron chi connectivity index (χ0n) is 8.96. The zero-order chi connectivity index (χ0) is 10.1. The summed E-state index contributed by atoms with van der Waals surface area (Å²) >= 11 is 0. The van der Waals surface area contributed by atoms with Crippen molar-refractivity contribution in [3.05, 3.63) is 17.0 Å². The van der Waals surface area contributed by atoms with Crippen LogP contribution in [0.15, 0.2) is 0 Å². The molecule has 0 bridgehead atoms. The Morgan fingerprint density at radius 1 is 1.29 bits per heavy atom. The molecule has 4 nitrogen and oxygen atoms in total. The van der Waals surface area contributed by atoms with E-state index < -0.39 is 0 Å². The van der Waals surface area contributed by atoms with Crippen LogP contribution in [-0.4, -0.2) is 24.1 Å². The van der Waals surface area contributed by atoms with E-state index in [-0.39, 0.29) is 0 Å². The molecular formula is C10H16N4. The van der Waals surface area contributed by atoms with Gasteiger partial charge in [0.1, 0.15) is 0 Å². The van der Waals surface area contributed by atoms with E-state index in [2.05, 4.69) is 22.2 Å². The standard InChI is InChI=1S/C10H16N4/c1-4-8-7-5-11-6-9(7)13-10(12-8)14(2)3/h11H,4-6H2,1-3H3. The van der Waals surface area contributed by atoms with E-state index in [0.29, 0.717) is 0 Å². The Hall–Kier alpha value is -1.16. The first-order valence-corrected chi connectivity index (χ1v) is 4.99. The third-order valence-electron chi connectivity index (χ3n) is 2.50. The first kappa shape index (κ1) is 9.40. The number of fused-ring (bicyclic) bond motifs is 1. The van der Waals surface area contributed by atoms with Gasteiger partial charge in [0.05, 0.1) is 11.4 Å². The molecular weight excluding hydrogens is 176 g/mol.